The number of hydrogen-bond acceptors (Lipinski definition) is 3. The molecule has 4 N–H and O–H groups in total. The standard InChI is InChI=1S/C22H35N5O.HI/c1-24-22(26-20-11-13-27(14-12-20)16-21(23)28)25-15-17-7-9-19(10-8-17)18-5-3-2-4-6-18;/h2-6,17,19-20H,7-16H2,1H3,(H2,23,28)(H2,24,25,26);1H. The van der Waals surface area contributed by atoms with Crippen LogP contribution in [0.5, 0.6) is 0 Å². The number of halogens is 1. The molecule has 2 fully saturated rings. The molecule has 0 radical (unpaired) electrons. The third kappa shape index (κ3) is 7.77. The Morgan fingerprint density at radius 2 is 1.76 bits per heavy atom. The van der Waals surface area contributed by atoms with E-state index in [4.69, 9.17) is 5.73 Å². The first kappa shape index (κ1) is 23.9. The van der Waals surface area contributed by atoms with Gasteiger partial charge in [-0.1, -0.05) is 30.3 Å². The summed E-state index contributed by atoms with van der Waals surface area (Å²) in [6.07, 6.45) is 7.12. The molecular weight excluding hydrogens is 477 g/mol. The molecule has 1 aliphatic carbocycles. The molecule has 3 rings (SSSR count). The minimum Gasteiger partial charge on any atom is -0.369 e. The number of likely N-dealkylation sites (tertiary alicyclic amines) is 1. The number of benzene rings is 1. The number of carbonyl (C=O) groups is 1. The summed E-state index contributed by atoms with van der Waals surface area (Å²) in [6, 6.07) is 11.3. The number of nitrogens with one attached hydrogen (secondary N) is 2. The minimum absolute atomic E-state index is 0. The van der Waals surface area contributed by atoms with Gasteiger partial charge in [-0.05, 0) is 55.9 Å². The van der Waals surface area contributed by atoms with E-state index >= 15 is 0 Å². The van der Waals surface area contributed by atoms with Crippen molar-refractivity contribution in [2.24, 2.45) is 16.6 Å². The Morgan fingerprint density at radius 1 is 1.10 bits per heavy atom. The van der Waals surface area contributed by atoms with Crippen LogP contribution in [0.4, 0.5) is 0 Å². The molecular formula is C22H36IN5O. The number of nitrogens with two attached hydrogens (primary N) is 1. The summed E-state index contributed by atoms with van der Waals surface area (Å²) < 4.78 is 0. The van der Waals surface area contributed by atoms with Crippen molar-refractivity contribution in [3.8, 4) is 0 Å². The Labute approximate surface area is 192 Å². The highest BCUT2D eigenvalue weighted by Crippen LogP contribution is 2.35. The Bertz CT molecular complexity index is 638. The molecule has 1 aromatic rings. The lowest BCUT2D eigenvalue weighted by atomic mass is 9.79. The van der Waals surface area contributed by atoms with Crippen LogP contribution in [-0.4, -0.2) is 56.0 Å². The second-order valence-corrected chi connectivity index (χ2v) is 8.24. The number of hydrogen-bond donors (Lipinski definition) is 3. The lowest BCUT2D eigenvalue weighted by Crippen LogP contribution is -2.50. The highest BCUT2D eigenvalue weighted by Gasteiger charge is 2.23. The number of guanidine groups is 1. The molecule has 1 heterocycles. The van der Waals surface area contributed by atoms with Crippen molar-refractivity contribution in [1.29, 1.82) is 0 Å². The van der Waals surface area contributed by atoms with Gasteiger partial charge >= 0.3 is 0 Å². The summed E-state index contributed by atoms with van der Waals surface area (Å²) in [7, 11) is 1.84. The van der Waals surface area contributed by atoms with Crippen LogP contribution in [0.2, 0.25) is 0 Å². The molecule has 1 amide bonds. The predicted octanol–water partition coefficient (Wildman–Crippen LogP) is 2.69. The van der Waals surface area contributed by atoms with Gasteiger partial charge in [0.25, 0.3) is 0 Å². The summed E-state index contributed by atoms with van der Waals surface area (Å²) in [6.45, 7) is 3.16. The average Bonchev–Trinajstić information content (AvgIpc) is 2.73. The number of primary amides is 1. The van der Waals surface area contributed by atoms with E-state index in [0.29, 0.717) is 12.6 Å². The topological polar surface area (TPSA) is 82.8 Å². The van der Waals surface area contributed by atoms with Crippen molar-refractivity contribution in [1.82, 2.24) is 15.5 Å². The first-order valence-corrected chi connectivity index (χ1v) is 10.7. The predicted molar refractivity (Wildman–Crippen MR) is 130 cm³/mol. The van der Waals surface area contributed by atoms with Crippen LogP contribution in [0.15, 0.2) is 35.3 Å². The first-order valence-electron chi connectivity index (χ1n) is 10.7. The van der Waals surface area contributed by atoms with Crippen molar-refractivity contribution in [2.75, 3.05) is 33.2 Å². The second kappa shape index (κ2) is 12.4. The fourth-order valence-electron chi connectivity index (χ4n) is 4.51. The van der Waals surface area contributed by atoms with E-state index in [9.17, 15) is 4.79 Å². The molecule has 1 aromatic carbocycles. The van der Waals surface area contributed by atoms with Crippen molar-refractivity contribution in [2.45, 2.75) is 50.5 Å². The number of amides is 1. The van der Waals surface area contributed by atoms with Gasteiger partial charge in [0.1, 0.15) is 0 Å². The fourth-order valence-corrected chi connectivity index (χ4v) is 4.51. The molecule has 0 unspecified atom stereocenters. The lowest BCUT2D eigenvalue weighted by molar-refractivity contribution is -0.119. The summed E-state index contributed by atoms with van der Waals surface area (Å²) in [5, 5.41) is 7.09. The molecule has 0 aromatic heterocycles. The molecule has 1 aliphatic heterocycles. The normalized spacial score (nSPS) is 23.8. The number of piperidine rings is 1. The maximum Gasteiger partial charge on any atom is 0.231 e. The van der Waals surface area contributed by atoms with Crippen LogP contribution in [0.25, 0.3) is 0 Å². The third-order valence-electron chi connectivity index (χ3n) is 6.21. The highest BCUT2D eigenvalue weighted by atomic mass is 127. The zero-order valence-corrected chi connectivity index (χ0v) is 19.8. The van der Waals surface area contributed by atoms with Gasteiger partial charge in [0.05, 0.1) is 6.54 Å². The Balaban J connectivity index is 0.00000300. The molecule has 0 spiro atoms. The van der Waals surface area contributed by atoms with Crippen LogP contribution < -0.4 is 16.4 Å². The van der Waals surface area contributed by atoms with E-state index in [1.165, 1.54) is 31.2 Å². The van der Waals surface area contributed by atoms with Crippen molar-refractivity contribution in [3.63, 3.8) is 0 Å². The highest BCUT2D eigenvalue weighted by molar-refractivity contribution is 14.0. The maximum absolute atomic E-state index is 11.0. The fraction of sp³-hybridized carbons (Fsp3) is 0.636. The zero-order chi connectivity index (χ0) is 19.8. The van der Waals surface area contributed by atoms with Crippen molar-refractivity contribution < 1.29 is 4.79 Å². The van der Waals surface area contributed by atoms with Crippen LogP contribution in [0, 0.1) is 5.92 Å². The van der Waals surface area contributed by atoms with E-state index in [2.05, 4.69) is 50.9 Å². The molecule has 29 heavy (non-hydrogen) atoms. The van der Waals surface area contributed by atoms with E-state index in [1.807, 2.05) is 7.05 Å². The van der Waals surface area contributed by atoms with Gasteiger partial charge in [-0.25, -0.2) is 0 Å². The minimum atomic E-state index is -0.245. The van der Waals surface area contributed by atoms with Crippen LogP contribution in [-0.2, 0) is 4.79 Å². The summed E-state index contributed by atoms with van der Waals surface area (Å²) in [4.78, 5) is 17.6. The van der Waals surface area contributed by atoms with E-state index in [1.54, 1.807) is 0 Å². The molecule has 7 heteroatoms. The zero-order valence-electron chi connectivity index (χ0n) is 17.5. The van der Waals surface area contributed by atoms with Gasteiger partial charge in [-0.15, -0.1) is 24.0 Å². The van der Waals surface area contributed by atoms with Gasteiger partial charge in [0, 0.05) is 32.7 Å². The van der Waals surface area contributed by atoms with Crippen LogP contribution in [0.1, 0.15) is 50.0 Å². The molecule has 1 saturated heterocycles. The number of nitrogens with zero attached hydrogens (tertiary/aromatic N) is 2. The van der Waals surface area contributed by atoms with Gasteiger partial charge in [0.2, 0.25) is 5.91 Å². The van der Waals surface area contributed by atoms with Gasteiger partial charge in [-0.3, -0.25) is 14.7 Å². The van der Waals surface area contributed by atoms with Gasteiger partial charge in [-0.2, -0.15) is 0 Å². The van der Waals surface area contributed by atoms with E-state index in [0.717, 1.165) is 50.3 Å². The Kier molecular flexibility index (Phi) is 10.2. The second-order valence-electron chi connectivity index (χ2n) is 8.24. The average molecular weight is 513 g/mol. The lowest BCUT2D eigenvalue weighted by Gasteiger charge is -2.33. The van der Waals surface area contributed by atoms with Crippen LogP contribution >= 0.6 is 24.0 Å². The number of aliphatic imine (C=N–C) groups is 1. The summed E-state index contributed by atoms with van der Waals surface area (Å²) in [5.41, 5.74) is 6.78. The largest absolute Gasteiger partial charge is 0.369 e. The monoisotopic (exact) mass is 513 g/mol. The summed E-state index contributed by atoms with van der Waals surface area (Å²) in [5.74, 6) is 2.10. The van der Waals surface area contributed by atoms with Crippen LogP contribution in [0.3, 0.4) is 0 Å². The third-order valence-corrected chi connectivity index (χ3v) is 6.21. The van der Waals surface area contributed by atoms with Crippen molar-refractivity contribution >= 4 is 35.8 Å². The molecule has 2 aliphatic rings. The SMILES string of the molecule is CN=C(NCC1CCC(c2ccccc2)CC1)NC1CCN(CC(N)=O)CC1.I. The van der Waals surface area contributed by atoms with Gasteiger partial charge in [0.15, 0.2) is 5.96 Å². The van der Waals surface area contributed by atoms with Crippen molar-refractivity contribution in [3.05, 3.63) is 35.9 Å². The quantitative estimate of drug-likeness (QED) is 0.311. The number of rotatable bonds is 6. The van der Waals surface area contributed by atoms with E-state index < -0.39 is 0 Å². The Hall–Kier alpha value is -1.35. The molecule has 0 bridgehead atoms. The molecule has 6 nitrogen and oxygen atoms in total. The molecule has 1 saturated carbocycles. The first-order chi connectivity index (χ1) is 13.6. The molecule has 162 valence electrons. The Morgan fingerprint density at radius 3 is 2.34 bits per heavy atom. The smallest absolute Gasteiger partial charge is 0.231 e. The maximum atomic E-state index is 11.0. The van der Waals surface area contributed by atoms with E-state index in [-0.39, 0.29) is 29.9 Å². The number of carbonyl (C=O) groups excluding carboxylic acids is 1. The molecule has 0 atom stereocenters. The van der Waals surface area contributed by atoms with Gasteiger partial charge < -0.3 is 16.4 Å². The summed E-state index contributed by atoms with van der Waals surface area (Å²) >= 11 is 0.